The first-order chi connectivity index (χ1) is 23.9. The van der Waals surface area contributed by atoms with Gasteiger partial charge in [0.25, 0.3) is 0 Å². The number of aromatic nitrogens is 1. The topological polar surface area (TPSA) is 160 Å². The number of β-amino-alcohol motifs (C(OH)–C–C–N with tert-alkyl or cyclic N) is 1. The molecule has 2 aromatic rings. The van der Waals surface area contributed by atoms with Crippen LogP contribution in [0.1, 0.15) is 85.0 Å². The summed E-state index contributed by atoms with van der Waals surface area (Å²) in [5.41, 5.74) is 3.50. The molecule has 14 heteroatoms. The van der Waals surface area contributed by atoms with Crippen molar-refractivity contribution in [2.45, 2.75) is 111 Å². The molecule has 0 saturated carbocycles. The van der Waals surface area contributed by atoms with Gasteiger partial charge in [-0.1, -0.05) is 45.0 Å². The van der Waals surface area contributed by atoms with Gasteiger partial charge in [0.15, 0.2) is 0 Å². The van der Waals surface area contributed by atoms with Crippen molar-refractivity contribution in [2.24, 2.45) is 5.41 Å². The standard InChI is InChI=1S/C37H55N5O8S/c1-23(25-9-11-26(12-10-25)31-24(2)38-22-51-31)39-33(45)29-19-27(43)20-42(29)34(46)32(36(3,4)5)40-30(44)21-48-17-18-49-28-13-15-41(16-14-28)35(47)50-37(6,7)8/h9-12,22-23,27-29,32,43H,13-21H2,1-8H3,(H,39,45)(H,40,44)/t23?,27-,29+,32?/m1/s1. The summed E-state index contributed by atoms with van der Waals surface area (Å²) in [7, 11) is 0. The minimum absolute atomic E-state index is 0.0127. The lowest BCUT2D eigenvalue weighted by molar-refractivity contribution is -0.144. The summed E-state index contributed by atoms with van der Waals surface area (Å²) < 4.78 is 16.9. The van der Waals surface area contributed by atoms with E-state index in [1.165, 1.54) is 4.90 Å². The number of amides is 4. The zero-order valence-corrected chi connectivity index (χ0v) is 32.0. The van der Waals surface area contributed by atoms with Crippen LogP contribution in [-0.2, 0) is 28.6 Å². The quantitative estimate of drug-likeness (QED) is 0.272. The number of carbonyl (C=O) groups excluding carboxylic acids is 4. The first-order valence-electron chi connectivity index (χ1n) is 17.7. The summed E-state index contributed by atoms with van der Waals surface area (Å²) in [4.78, 5) is 61.2. The number of nitrogens with one attached hydrogen (secondary N) is 2. The Bertz CT molecular complexity index is 1490. The minimum atomic E-state index is -0.958. The first-order valence-corrected chi connectivity index (χ1v) is 18.6. The van der Waals surface area contributed by atoms with Crippen LogP contribution >= 0.6 is 11.3 Å². The third-order valence-electron chi connectivity index (χ3n) is 8.97. The Hall–Kier alpha value is -3.59. The molecule has 1 aromatic heterocycles. The third-order valence-corrected chi connectivity index (χ3v) is 9.95. The highest BCUT2D eigenvalue weighted by atomic mass is 32.1. The molecule has 2 unspecified atom stereocenters. The zero-order chi connectivity index (χ0) is 37.5. The molecule has 4 rings (SSSR count). The van der Waals surface area contributed by atoms with Crippen molar-refractivity contribution in [1.82, 2.24) is 25.4 Å². The lowest BCUT2D eigenvalue weighted by atomic mass is 9.85. The van der Waals surface area contributed by atoms with Crippen LogP contribution in [0.5, 0.6) is 0 Å². The van der Waals surface area contributed by atoms with Gasteiger partial charge in [-0.05, 0) is 64.0 Å². The summed E-state index contributed by atoms with van der Waals surface area (Å²) in [6.45, 7) is 16.1. The number of aryl methyl sites for hydroxylation is 1. The molecule has 0 radical (unpaired) electrons. The van der Waals surface area contributed by atoms with Crippen LogP contribution in [0.15, 0.2) is 29.8 Å². The first kappa shape index (κ1) is 40.2. The Morgan fingerprint density at radius 1 is 1.02 bits per heavy atom. The normalized spacial score (nSPS) is 19.8. The average molecular weight is 730 g/mol. The van der Waals surface area contributed by atoms with Gasteiger partial charge in [0.2, 0.25) is 17.7 Å². The molecule has 4 atom stereocenters. The molecule has 51 heavy (non-hydrogen) atoms. The van der Waals surface area contributed by atoms with E-state index in [-0.39, 0.29) is 56.9 Å². The van der Waals surface area contributed by atoms with Crippen LogP contribution in [0, 0.1) is 12.3 Å². The molecule has 282 valence electrons. The van der Waals surface area contributed by atoms with E-state index >= 15 is 0 Å². The van der Waals surface area contributed by atoms with Crippen LogP contribution in [0.25, 0.3) is 10.4 Å². The highest BCUT2D eigenvalue weighted by molar-refractivity contribution is 7.13. The molecule has 4 amide bonds. The average Bonchev–Trinajstić information content (AvgIpc) is 3.67. The van der Waals surface area contributed by atoms with Crippen molar-refractivity contribution >= 4 is 35.2 Å². The SMILES string of the molecule is Cc1ncsc1-c1ccc(C(C)NC(=O)[C@@H]2C[C@@H](O)CN2C(=O)C(NC(=O)COCCOC2CCN(C(=O)OC(C)(C)C)CC2)C(C)(C)C)cc1. The highest BCUT2D eigenvalue weighted by Crippen LogP contribution is 2.29. The Balaban J connectivity index is 1.24. The smallest absolute Gasteiger partial charge is 0.410 e. The fourth-order valence-electron chi connectivity index (χ4n) is 6.19. The fourth-order valence-corrected chi connectivity index (χ4v) is 7.00. The number of benzene rings is 1. The second kappa shape index (κ2) is 17.3. The third kappa shape index (κ3) is 11.4. The number of ether oxygens (including phenoxy) is 3. The number of rotatable bonds is 12. The van der Waals surface area contributed by atoms with Crippen LogP contribution < -0.4 is 10.6 Å². The van der Waals surface area contributed by atoms with Crippen molar-refractivity contribution in [3.8, 4) is 10.4 Å². The number of aliphatic hydroxyl groups is 1. The Morgan fingerprint density at radius 3 is 2.27 bits per heavy atom. The summed E-state index contributed by atoms with van der Waals surface area (Å²) in [6.07, 6.45) is 0.246. The predicted octanol–water partition coefficient (Wildman–Crippen LogP) is 4.22. The number of hydrogen-bond donors (Lipinski definition) is 3. The van der Waals surface area contributed by atoms with Gasteiger partial charge >= 0.3 is 6.09 Å². The zero-order valence-electron chi connectivity index (χ0n) is 31.2. The van der Waals surface area contributed by atoms with Gasteiger partial charge in [-0.25, -0.2) is 9.78 Å². The summed E-state index contributed by atoms with van der Waals surface area (Å²) in [5, 5.41) is 16.4. The van der Waals surface area contributed by atoms with Crippen LogP contribution in [0.3, 0.4) is 0 Å². The molecule has 2 saturated heterocycles. The summed E-state index contributed by atoms with van der Waals surface area (Å²) >= 11 is 1.57. The predicted molar refractivity (Wildman–Crippen MR) is 194 cm³/mol. The number of likely N-dealkylation sites (tertiary alicyclic amines) is 2. The summed E-state index contributed by atoms with van der Waals surface area (Å²) in [5.74, 6) is -1.28. The number of carbonyl (C=O) groups is 4. The molecular weight excluding hydrogens is 675 g/mol. The number of nitrogens with zero attached hydrogens (tertiary/aromatic N) is 3. The van der Waals surface area contributed by atoms with Crippen molar-refractivity contribution < 1.29 is 38.5 Å². The van der Waals surface area contributed by atoms with E-state index in [4.69, 9.17) is 14.2 Å². The van der Waals surface area contributed by atoms with Crippen molar-refractivity contribution in [1.29, 1.82) is 0 Å². The minimum Gasteiger partial charge on any atom is -0.444 e. The molecule has 2 fully saturated rings. The van der Waals surface area contributed by atoms with Gasteiger partial charge in [0.05, 0.1) is 47.5 Å². The van der Waals surface area contributed by atoms with Gasteiger partial charge in [0.1, 0.15) is 24.3 Å². The second-order valence-electron chi connectivity index (χ2n) is 15.5. The highest BCUT2D eigenvalue weighted by Gasteiger charge is 2.44. The van der Waals surface area contributed by atoms with E-state index in [2.05, 4.69) is 15.6 Å². The molecule has 0 spiro atoms. The molecule has 13 nitrogen and oxygen atoms in total. The molecule has 0 bridgehead atoms. The Kier molecular flexibility index (Phi) is 13.6. The molecule has 0 aliphatic carbocycles. The largest absolute Gasteiger partial charge is 0.444 e. The maximum atomic E-state index is 13.9. The van der Waals surface area contributed by atoms with E-state index in [1.807, 2.05) is 85.2 Å². The van der Waals surface area contributed by atoms with E-state index in [9.17, 15) is 24.3 Å². The summed E-state index contributed by atoms with van der Waals surface area (Å²) in [6, 6.07) is 5.74. The van der Waals surface area contributed by atoms with Gasteiger partial charge < -0.3 is 39.8 Å². The number of thiazole rings is 1. The van der Waals surface area contributed by atoms with Crippen LogP contribution in [0.4, 0.5) is 4.79 Å². The lowest BCUT2D eigenvalue weighted by Crippen LogP contribution is -2.58. The second-order valence-corrected chi connectivity index (χ2v) is 16.3. The van der Waals surface area contributed by atoms with E-state index < -0.39 is 41.0 Å². The van der Waals surface area contributed by atoms with Crippen molar-refractivity contribution in [2.75, 3.05) is 39.5 Å². The molecule has 1 aromatic carbocycles. The number of hydrogen-bond acceptors (Lipinski definition) is 10. The van der Waals surface area contributed by atoms with Crippen molar-refractivity contribution in [3.05, 3.63) is 41.0 Å². The van der Waals surface area contributed by atoms with Gasteiger partial charge in [-0.2, -0.15) is 0 Å². The number of aliphatic hydroxyl groups excluding tert-OH is 1. The van der Waals surface area contributed by atoms with Crippen LogP contribution in [0.2, 0.25) is 0 Å². The van der Waals surface area contributed by atoms with Gasteiger partial charge in [-0.15, -0.1) is 11.3 Å². The lowest BCUT2D eigenvalue weighted by Gasteiger charge is -2.35. The fraction of sp³-hybridized carbons (Fsp3) is 0.649. The maximum Gasteiger partial charge on any atom is 0.410 e. The molecule has 3 heterocycles. The van der Waals surface area contributed by atoms with Gasteiger partial charge in [0, 0.05) is 26.1 Å². The maximum absolute atomic E-state index is 13.9. The van der Waals surface area contributed by atoms with Crippen molar-refractivity contribution in [3.63, 3.8) is 0 Å². The Labute approximate surface area is 305 Å². The van der Waals surface area contributed by atoms with E-state index in [0.29, 0.717) is 25.9 Å². The van der Waals surface area contributed by atoms with Gasteiger partial charge in [-0.3, -0.25) is 14.4 Å². The molecular formula is C37H55N5O8S. The van der Waals surface area contributed by atoms with E-state index in [0.717, 1.165) is 21.7 Å². The van der Waals surface area contributed by atoms with E-state index in [1.54, 1.807) is 16.2 Å². The molecule has 3 N–H and O–H groups in total. The number of piperidine rings is 1. The Morgan fingerprint density at radius 2 is 1.69 bits per heavy atom. The molecule has 2 aliphatic rings. The molecule has 2 aliphatic heterocycles. The monoisotopic (exact) mass is 729 g/mol. The van der Waals surface area contributed by atoms with Crippen LogP contribution in [-0.4, -0.2) is 113 Å².